The second-order valence-electron chi connectivity index (χ2n) is 4.20. The fourth-order valence-electron chi connectivity index (χ4n) is 2.27. The van der Waals surface area contributed by atoms with Crippen molar-refractivity contribution in [2.24, 2.45) is 0 Å². The van der Waals surface area contributed by atoms with Gasteiger partial charge in [0.2, 0.25) is 0 Å². The number of ether oxygens (including phenoxy) is 1. The molecule has 2 heterocycles. The van der Waals surface area contributed by atoms with E-state index in [9.17, 15) is 9.59 Å². The van der Waals surface area contributed by atoms with E-state index < -0.39 is 0 Å². The van der Waals surface area contributed by atoms with E-state index >= 15 is 0 Å². The van der Waals surface area contributed by atoms with Gasteiger partial charge in [0, 0.05) is 13.1 Å². The van der Waals surface area contributed by atoms with Gasteiger partial charge in [-0.15, -0.1) is 0 Å². The third-order valence-corrected chi connectivity index (χ3v) is 3.19. The van der Waals surface area contributed by atoms with Gasteiger partial charge in [-0.1, -0.05) is 0 Å². The van der Waals surface area contributed by atoms with Gasteiger partial charge in [0.1, 0.15) is 5.75 Å². The van der Waals surface area contributed by atoms with Crippen LogP contribution in [0.2, 0.25) is 0 Å². The Balaban J connectivity index is 2.18. The molecule has 1 aliphatic rings. The van der Waals surface area contributed by atoms with E-state index in [2.05, 4.69) is 0 Å². The number of fused-ring (bicyclic) bond motifs is 1. The van der Waals surface area contributed by atoms with Crippen molar-refractivity contribution >= 4 is 0 Å². The number of aromatic nitrogens is 3. The third kappa shape index (κ3) is 1.42. The molecule has 6 nitrogen and oxygen atoms in total. The fourth-order valence-corrected chi connectivity index (χ4v) is 2.27. The smallest absolute Gasteiger partial charge is 0.351 e. The molecule has 94 valence electrons. The Morgan fingerprint density at radius 1 is 1.00 bits per heavy atom. The highest BCUT2D eigenvalue weighted by atomic mass is 16.5. The van der Waals surface area contributed by atoms with Gasteiger partial charge in [0.15, 0.2) is 0 Å². The average Bonchev–Trinajstić information content (AvgIpc) is 2.95. The number of hydrogen-bond donors (Lipinski definition) is 0. The Kier molecular flexibility index (Phi) is 2.36. The lowest BCUT2D eigenvalue weighted by atomic mass is 10.3. The van der Waals surface area contributed by atoms with E-state index in [1.165, 1.54) is 13.9 Å². The molecule has 0 fully saturated rings. The van der Waals surface area contributed by atoms with E-state index in [-0.39, 0.29) is 11.4 Å². The molecule has 0 bridgehead atoms. The summed E-state index contributed by atoms with van der Waals surface area (Å²) in [6.45, 7) is 1.22. The van der Waals surface area contributed by atoms with Crippen molar-refractivity contribution < 1.29 is 4.74 Å². The zero-order valence-electron chi connectivity index (χ0n) is 10.00. The molecule has 6 heteroatoms. The Hall–Kier alpha value is -2.24. The molecule has 0 aliphatic carbocycles. The van der Waals surface area contributed by atoms with Gasteiger partial charge in [-0.25, -0.2) is 23.5 Å². The Morgan fingerprint density at radius 3 is 2.06 bits per heavy atom. The maximum Gasteiger partial charge on any atom is 0.351 e. The van der Waals surface area contributed by atoms with Gasteiger partial charge in [-0.2, -0.15) is 0 Å². The van der Waals surface area contributed by atoms with E-state index in [0.717, 1.165) is 6.42 Å². The molecule has 0 saturated heterocycles. The van der Waals surface area contributed by atoms with Crippen LogP contribution in [0.1, 0.15) is 6.42 Å². The molecule has 2 aromatic rings. The first kappa shape index (κ1) is 10.9. The Morgan fingerprint density at radius 2 is 1.56 bits per heavy atom. The highest BCUT2D eigenvalue weighted by Gasteiger charge is 2.20. The molecule has 3 rings (SSSR count). The molecule has 0 atom stereocenters. The summed E-state index contributed by atoms with van der Waals surface area (Å²) < 4.78 is 9.23. The lowest BCUT2D eigenvalue weighted by molar-refractivity contribution is 0.414. The average molecular weight is 247 g/mol. The first-order valence-electron chi connectivity index (χ1n) is 5.79. The number of rotatable bonds is 2. The number of methoxy groups -OCH3 is 1. The van der Waals surface area contributed by atoms with Crippen LogP contribution in [0.4, 0.5) is 0 Å². The van der Waals surface area contributed by atoms with Gasteiger partial charge < -0.3 is 4.74 Å². The SMILES string of the molecule is COc1ccc(-n2c(=O)n3n(c2=O)CCC3)cc1. The second kappa shape index (κ2) is 3.90. The van der Waals surface area contributed by atoms with E-state index in [1.807, 2.05) is 0 Å². The standard InChI is InChI=1S/C12H13N3O3/c1-18-10-5-3-9(4-6-10)15-11(16)13-7-2-8-14(13)12(15)17/h3-6H,2,7-8H2,1H3. The summed E-state index contributed by atoms with van der Waals surface area (Å²) in [7, 11) is 1.57. The molecule has 0 N–H and O–H groups in total. The molecule has 1 aromatic heterocycles. The Labute approximate surface area is 103 Å². The van der Waals surface area contributed by atoms with Crippen LogP contribution in [0.5, 0.6) is 5.75 Å². The zero-order valence-corrected chi connectivity index (χ0v) is 10.00. The summed E-state index contributed by atoms with van der Waals surface area (Å²) in [4.78, 5) is 24.2. The van der Waals surface area contributed by atoms with Crippen LogP contribution in [-0.4, -0.2) is 21.0 Å². The molecule has 0 unspecified atom stereocenters. The largest absolute Gasteiger partial charge is 0.497 e. The van der Waals surface area contributed by atoms with Crippen LogP contribution >= 0.6 is 0 Å². The molecular weight excluding hydrogens is 234 g/mol. The summed E-state index contributed by atoms with van der Waals surface area (Å²) in [6.07, 6.45) is 0.841. The van der Waals surface area contributed by atoms with Crippen LogP contribution in [0, 0.1) is 0 Å². The van der Waals surface area contributed by atoms with Crippen LogP contribution in [0.3, 0.4) is 0 Å². The highest BCUT2D eigenvalue weighted by molar-refractivity contribution is 5.37. The summed E-state index contributed by atoms with van der Waals surface area (Å²) in [6, 6.07) is 6.87. The van der Waals surface area contributed by atoms with Gasteiger partial charge in [0.25, 0.3) is 0 Å². The van der Waals surface area contributed by atoms with Crippen LogP contribution < -0.4 is 16.1 Å². The van der Waals surface area contributed by atoms with Crippen LogP contribution in [0.25, 0.3) is 5.69 Å². The lowest BCUT2D eigenvalue weighted by Gasteiger charge is -2.02. The predicted octanol–water partition coefficient (Wildman–Crippen LogP) is 0.213. The molecular formula is C12H13N3O3. The minimum atomic E-state index is -0.275. The maximum absolute atomic E-state index is 12.1. The molecule has 1 aromatic carbocycles. The van der Waals surface area contributed by atoms with Gasteiger partial charge in [-0.3, -0.25) is 0 Å². The van der Waals surface area contributed by atoms with Crippen molar-refractivity contribution in [1.29, 1.82) is 0 Å². The summed E-state index contributed by atoms with van der Waals surface area (Å²) >= 11 is 0. The topological polar surface area (TPSA) is 58.2 Å². The van der Waals surface area contributed by atoms with E-state index in [0.29, 0.717) is 24.5 Å². The van der Waals surface area contributed by atoms with E-state index in [1.54, 1.807) is 31.4 Å². The highest BCUT2D eigenvalue weighted by Crippen LogP contribution is 2.13. The third-order valence-electron chi connectivity index (χ3n) is 3.19. The second-order valence-corrected chi connectivity index (χ2v) is 4.20. The molecule has 0 radical (unpaired) electrons. The van der Waals surface area contributed by atoms with Gasteiger partial charge in [0.05, 0.1) is 12.8 Å². The predicted molar refractivity (Wildman–Crippen MR) is 65.5 cm³/mol. The summed E-state index contributed by atoms with van der Waals surface area (Å²) in [5.74, 6) is 0.693. The maximum atomic E-state index is 12.1. The van der Waals surface area contributed by atoms with Crippen molar-refractivity contribution in [3.8, 4) is 11.4 Å². The number of benzene rings is 1. The van der Waals surface area contributed by atoms with Crippen molar-refractivity contribution in [3.05, 3.63) is 45.2 Å². The Bertz CT molecular complexity index is 655. The van der Waals surface area contributed by atoms with Crippen molar-refractivity contribution in [3.63, 3.8) is 0 Å². The normalized spacial score (nSPS) is 13.6. The summed E-state index contributed by atoms with van der Waals surface area (Å²) in [5.41, 5.74) is 0.0190. The molecule has 0 amide bonds. The lowest BCUT2D eigenvalue weighted by Crippen LogP contribution is -2.28. The fraction of sp³-hybridized carbons (Fsp3) is 0.333. The quantitative estimate of drug-likeness (QED) is 0.762. The van der Waals surface area contributed by atoms with Crippen LogP contribution in [-0.2, 0) is 13.1 Å². The minimum absolute atomic E-state index is 0.275. The van der Waals surface area contributed by atoms with Gasteiger partial charge in [-0.05, 0) is 30.7 Å². The monoisotopic (exact) mass is 247 g/mol. The zero-order chi connectivity index (χ0) is 12.7. The number of hydrogen-bond acceptors (Lipinski definition) is 3. The first-order valence-corrected chi connectivity index (χ1v) is 5.79. The van der Waals surface area contributed by atoms with Gasteiger partial charge >= 0.3 is 11.4 Å². The minimum Gasteiger partial charge on any atom is -0.497 e. The first-order chi connectivity index (χ1) is 8.72. The number of nitrogens with zero attached hydrogens (tertiary/aromatic N) is 3. The van der Waals surface area contributed by atoms with Crippen LogP contribution in [0.15, 0.2) is 33.9 Å². The molecule has 18 heavy (non-hydrogen) atoms. The molecule has 0 spiro atoms. The van der Waals surface area contributed by atoms with E-state index in [4.69, 9.17) is 4.74 Å². The van der Waals surface area contributed by atoms with Crippen molar-refractivity contribution in [1.82, 2.24) is 13.9 Å². The van der Waals surface area contributed by atoms with Crippen molar-refractivity contribution in [2.75, 3.05) is 7.11 Å². The molecule has 1 aliphatic heterocycles. The van der Waals surface area contributed by atoms with Crippen molar-refractivity contribution in [2.45, 2.75) is 19.5 Å². The summed E-state index contributed by atoms with van der Waals surface area (Å²) in [5, 5.41) is 0. The molecule has 0 saturated carbocycles.